The minimum atomic E-state index is -0.847. The van der Waals surface area contributed by atoms with E-state index < -0.39 is 12.0 Å². The van der Waals surface area contributed by atoms with E-state index in [1.807, 2.05) is 72.7 Å². The molecule has 2 aromatic heterocycles. The van der Waals surface area contributed by atoms with Gasteiger partial charge in [0, 0.05) is 54.6 Å². The highest BCUT2D eigenvalue weighted by molar-refractivity contribution is 6.00. The minimum absolute atomic E-state index is 0.0547. The summed E-state index contributed by atoms with van der Waals surface area (Å²) >= 11 is 0. The number of rotatable bonds is 13. The Kier molecular flexibility index (Phi) is 9.57. The number of carboxylic acids is 1. The van der Waals surface area contributed by atoms with Crippen LogP contribution in [0.1, 0.15) is 58.4 Å². The Morgan fingerprint density at radius 1 is 1.10 bits per heavy atom. The van der Waals surface area contributed by atoms with Crippen molar-refractivity contribution in [1.29, 1.82) is 0 Å². The zero-order valence-electron chi connectivity index (χ0n) is 23.9. The van der Waals surface area contributed by atoms with Crippen molar-refractivity contribution in [3.63, 3.8) is 0 Å². The number of hydrogen-bond acceptors (Lipinski definition) is 5. The second kappa shape index (κ2) is 13.3. The van der Waals surface area contributed by atoms with Gasteiger partial charge >= 0.3 is 5.97 Å². The lowest BCUT2D eigenvalue weighted by molar-refractivity contribution is -0.137. The van der Waals surface area contributed by atoms with Crippen LogP contribution in [0.4, 0.5) is 5.69 Å². The lowest BCUT2D eigenvalue weighted by Crippen LogP contribution is -2.26. The second-order valence-corrected chi connectivity index (χ2v) is 10.3. The number of aryl methyl sites for hydroxylation is 3. The van der Waals surface area contributed by atoms with Crippen molar-refractivity contribution < 1.29 is 24.2 Å². The molecule has 0 radical (unpaired) electrons. The topological polar surface area (TPSA) is 127 Å². The third-order valence-corrected chi connectivity index (χ3v) is 7.06. The maximum Gasteiger partial charge on any atom is 0.303 e. The SMILES string of the molecule is COCCNC(=O)c1ccc2c(c1)c(C)cn2C(C)C(=O)Nc1cc(Cn2cc(C)cn2)ccc1CCCC(=O)O. The van der Waals surface area contributed by atoms with Gasteiger partial charge in [-0.2, -0.15) is 5.10 Å². The summed E-state index contributed by atoms with van der Waals surface area (Å²) in [5.41, 5.74) is 5.92. The Balaban J connectivity index is 1.56. The summed E-state index contributed by atoms with van der Waals surface area (Å²) in [6.45, 7) is 7.17. The van der Waals surface area contributed by atoms with Crippen molar-refractivity contribution in [2.75, 3.05) is 25.6 Å². The molecule has 10 nitrogen and oxygen atoms in total. The van der Waals surface area contributed by atoms with E-state index in [2.05, 4.69) is 15.7 Å². The molecule has 2 amide bonds. The van der Waals surface area contributed by atoms with E-state index in [4.69, 9.17) is 9.84 Å². The van der Waals surface area contributed by atoms with Gasteiger partial charge in [0.2, 0.25) is 5.91 Å². The van der Waals surface area contributed by atoms with Crippen LogP contribution < -0.4 is 10.6 Å². The van der Waals surface area contributed by atoms with Crippen LogP contribution in [0.3, 0.4) is 0 Å². The average Bonchev–Trinajstić information content (AvgIpc) is 3.50. The van der Waals surface area contributed by atoms with Crippen molar-refractivity contribution in [2.45, 2.75) is 52.6 Å². The van der Waals surface area contributed by atoms with Gasteiger partial charge < -0.3 is 25.0 Å². The van der Waals surface area contributed by atoms with Crippen LogP contribution in [-0.2, 0) is 27.3 Å². The third-order valence-electron chi connectivity index (χ3n) is 7.06. The zero-order chi connectivity index (χ0) is 29.5. The molecular formula is C31H37N5O5. The first-order valence-corrected chi connectivity index (χ1v) is 13.7. The monoisotopic (exact) mass is 559 g/mol. The average molecular weight is 560 g/mol. The van der Waals surface area contributed by atoms with E-state index in [-0.39, 0.29) is 18.2 Å². The van der Waals surface area contributed by atoms with Gasteiger partial charge in [0.25, 0.3) is 5.91 Å². The van der Waals surface area contributed by atoms with Crippen LogP contribution in [0.5, 0.6) is 0 Å². The summed E-state index contributed by atoms with van der Waals surface area (Å²) in [5.74, 6) is -1.22. The molecule has 0 aliphatic rings. The Morgan fingerprint density at radius 2 is 1.90 bits per heavy atom. The highest BCUT2D eigenvalue weighted by Crippen LogP contribution is 2.27. The van der Waals surface area contributed by atoms with Crippen LogP contribution in [-0.4, -0.2) is 57.5 Å². The summed E-state index contributed by atoms with van der Waals surface area (Å²) in [5, 5.41) is 20.3. The van der Waals surface area contributed by atoms with Crippen LogP contribution in [0.15, 0.2) is 55.0 Å². The molecule has 4 rings (SSSR count). The molecule has 0 bridgehead atoms. The molecule has 0 fully saturated rings. The first kappa shape index (κ1) is 29.5. The van der Waals surface area contributed by atoms with E-state index in [1.54, 1.807) is 19.4 Å². The lowest BCUT2D eigenvalue weighted by atomic mass is 10.0. The van der Waals surface area contributed by atoms with Crippen LogP contribution in [0.25, 0.3) is 10.9 Å². The summed E-state index contributed by atoms with van der Waals surface area (Å²) in [6.07, 6.45) is 6.72. The molecule has 0 saturated carbocycles. The minimum Gasteiger partial charge on any atom is -0.481 e. The second-order valence-electron chi connectivity index (χ2n) is 10.3. The quantitative estimate of drug-likeness (QED) is 0.207. The number of hydrogen-bond donors (Lipinski definition) is 3. The van der Waals surface area contributed by atoms with Crippen LogP contribution in [0, 0.1) is 13.8 Å². The molecule has 3 N–H and O–H groups in total. The molecule has 216 valence electrons. The number of amides is 2. The smallest absolute Gasteiger partial charge is 0.303 e. The van der Waals surface area contributed by atoms with Gasteiger partial charge in [-0.05, 0) is 80.1 Å². The van der Waals surface area contributed by atoms with E-state index in [0.717, 1.165) is 33.2 Å². The molecule has 41 heavy (non-hydrogen) atoms. The maximum absolute atomic E-state index is 13.6. The first-order chi connectivity index (χ1) is 19.7. The number of aliphatic carboxylic acids is 1. The molecule has 1 unspecified atom stereocenters. The Labute approximate surface area is 239 Å². The Hall–Kier alpha value is -4.44. The van der Waals surface area contributed by atoms with Gasteiger partial charge in [-0.3, -0.25) is 19.1 Å². The van der Waals surface area contributed by atoms with Gasteiger partial charge in [0.15, 0.2) is 0 Å². The summed E-state index contributed by atoms with van der Waals surface area (Å²) in [4.78, 5) is 37.2. The van der Waals surface area contributed by atoms with Gasteiger partial charge in [-0.15, -0.1) is 0 Å². The van der Waals surface area contributed by atoms with E-state index in [0.29, 0.717) is 43.8 Å². The fourth-order valence-electron chi connectivity index (χ4n) is 4.85. The van der Waals surface area contributed by atoms with Crippen molar-refractivity contribution in [3.8, 4) is 0 Å². The number of carboxylic acid groups (broad SMARTS) is 1. The number of fused-ring (bicyclic) bond motifs is 1. The summed E-state index contributed by atoms with van der Waals surface area (Å²) < 4.78 is 8.75. The summed E-state index contributed by atoms with van der Waals surface area (Å²) in [7, 11) is 1.58. The normalized spacial score (nSPS) is 11.9. The Morgan fingerprint density at radius 3 is 2.61 bits per heavy atom. The number of ether oxygens (including phenoxy) is 1. The number of nitrogens with one attached hydrogen (secondary N) is 2. The molecular weight excluding hydrogens is 522 g/mol. The highest BCUT2D eigenvalue weighted by atomic mass is 16.5. The molecule has 4 aromatic rings. The third kappa shape index (κ3) is 7.40. The van der Waals surface area contributed by atoms with E-state index in [9.17, 15) is 14.4 Å². The molecule has 2 aromatic carbocycles. The van der Waals surface area contributed by atoms with E-state index >= 15 is 0 Å². The number of carbonyl (C=O) groups is 3. The van der Waals surface area contributed by atoms with Gasteiger partial charge in [-0.1, -0.05) is 12.1 Å². The van der Waals surface area contributed by atoms with Crippen molar-refractivity contribution >= 4 is 34.4 Å². The number of methoxy groups -OCH3 is 1. The molecule has 0 saturated heterocycles. The van der Waals surface area contributed by atoms with Crippen molar-refractivity contribution in [3.05, 3.63) is 82.8 Å². The fraction of sp³-hybridized carbons (Fsp3) is 0.355. The van der Waals surface area contributed by atoms with Crippen molar-refractivity contribution in [1.82, 2.24) is 19.7 Å². The molecule has 0 aliphatic heterocycles. The molecule has 2 heterocycles. The number of anilines is 1. The zero-order valence-corrected chi connectivity index (χ0v) is 23.9. The number of carbonyl (C=O) groups excluding carboxylic acids is 2. The summed E-state index contributed by atoms with van der Waals surface area (Å²) in [6, 6.07) is 10.8. The Bertz CT molecular complexity index is 1550. The maximum atomic E-state index is 13.6. The molecule has 0 aliphatic carbocycles. The van der Waals surface area contributed by atoms with Crippen LogP contribution in [0.2, 0.25) is 0 Å². The van der Waals surface area contributed by atoms with Crippen LogP contribution >= 0.6 is 0 Å². The number of benzene rings is 2. The van der Waals surface area contributed by atoms with Crippen molar-refractivity contribution in [2.24, 2.45) is 0 Å². The first-order valence-electron chi connectivity index (χ1n) is 13.7. The lowest BCUT2D eigenvalue weighted by Gasteiger charge is -2.18. The highest BCUT2D eigenvalue weighted by Gasteiger charge is 2.20. The number of nitrogens with zero attached hydrogens (tertiary/aromatic N) is 3. The fourth-order valence-corrected chi connectivity index (χ4v) is 4.85. The molecule has 1 atom stereocenters. The predicted octanol–water partition coefficient (Wildman–Crippen LogP) is 4.49. The largest absolute Gasteiger partial charge is 0.481 e. The number of aromatic nitrogens is 3. The molecule has 10 heteroatoms. The van der Waals surface area contributed by atoms with Gasteiger partial charge in [0.05, 0.1) is 19.3 Å². The standard InChI is InChI=1S/C31H37N5O5/c1-20-16-33-35(17-20)19-23-8-9-24(6-5-7-29(37)38)27(14-23)34-30(39)22(3)36-18-21(2)26-15-25(10-11-28(26)36)31(40)32-12-13-41-4/h8-11,14-18,22H,5-7,12-13,19H2,1-4H3,(H,32,40)(H,34,39)(H,37,38). The van der Waals surface area contributed by atoms with Gasteiger partial charge in [0.1, 0.15) is 6.04 Å². The van der Waals surface area contributed by atoms with E-state index in [1.165, 1.54) is 0 Å². The molecule has 0 spiro atoms. The predicted molar refractivity (Wildman–Crippen MR) is 157 cm³/mol. The van der Waals surface area contributed by atoms with Gasteiger partial charge in [-0.25, -0.2) is 0 Å².